The zero-order valence-electron chi connectivity index (χ0n) is 21.1. The summed E-state index contributed by atoms with van der Waals surface area (Å²) in [6, 6.07) is 6.83. The van der Waals surface area contributed by atoms with Crippen LogP contribution in [0.5, 0.6) is 0 Å². The minimum Gasteiger partial charge on any atom is -0.376 e. The second-order valence-corrected chi connectivity index (χ2v) is 12.7. The highest BCUT2D eigenvalue weighted by Gasteiger charge is 2.34. The molecule has 34 heavy (non-hydrogen) atoms. The average molecular weight is 661 g/mol. The second-order valence-electron chi connectivity index (χ2n) is 10.2. The van der Waals surface area contributed by atoms with Crippen LogP contribution in [0, 0.1) is 11.8 Å². The third-order valence-corrected chi connectivity index (χ3v) is 9.41. The number of methoxy groups -OCH3 is 2. The number of fused-ring (bicyclic) bond motifs is 2. The summed E-state index contributed by atoms with van der Waals surface area (Å²) in [6.45, 7) is 13.4. The van der Waals surface area contributed by atoms with Crippen molar-refractivity contribution < 1.29 is 9.47 Å². The van der Waals surface area contributed by atoms with E-state index in [-0.39, 0.29) is 19.6 Å². The molecule has 0 spiro atoms. The van der Waals surface area contributed by atoms with E-state index in [2.05, 4.69) is 108 Å². The molecule has 4 unspecified atom stereocenters. The van der Waals surface area contributed by atoms with E-state index in [1.54, 1.807) is 7.11 Å². The van der Waals surface area contributed by atoms with Gasteiger partial charge in [0.2, 0.25) is 0 Å². The van der Waals surface area contributed by atoms with Gasteiger partial charge in [-0.25, -0.2) is 0 Å². The molecule has 0 fully saturated rings. The van der Waals surface area contributed by atoms with E-state index < -0.39 is 0 Å². The number of hydrogen-bond donors (Lipinski definition) is 0. The van der Waals surface area contributed by atoms with E-state index in [4.69, 9.17) is 9.47 Å². The predicted molar refractivity (Wildman–Crippen MR) is 156 cm³/mol. The maximum absolute atomic E-state index is 5.67. The molecule has 190 valence electrons. The highest BCUT2D eigenvalue weighted by Crippen LogP contribution is 2.48. The van der Waals surface area contributed by atoms with Crippen molar-refractivity contribution in [3.8, 4) is 0 Å². The Labute approximate surface area is 233 Å². The van der Waals surface area contributed by atoms with E-state index >= 15 is 0 Å². The Morgan fingerprint density at radius 2 is 1.29 bits per heavy atom. The molecule has 0 heterocycles. The first-order valence-corrected chi connectivity index (χ1v) is 14.3. The molecule has 0 saturated heterocycles. The third kappa shape index (κ3) is 5.85. The maximum Gasteiger partial charge on any atom is 0.0863 e. The maximum atomic E-state index is 5.67. The standard InChI is InChI=1S/C14H18Br2O.C14H19BrO.CH4/c1-7(2)9-6-11(15)10-5-8(3)14(17-4)12(10)13(9)16;1-8(2)10-6-12-11(13(15)7-10)5-9(3)14(12)16-4;/h6-8,14H,5H2,1-4H3;6-9,14H,5H2,1-4H3;1H4. The summed E-state index contributed by atoms with van der Waals surface area (Å²) in [6.07, 6.45) is 2.69. The lowest BCUT2D eigenvalue weighted by Crippen LogP contribution is -2.06. The largest absolute Gasteiger partial charge is 0.376 e. The molecule has 0 amide bonds. The lowest BCUT2D eigenvalue weighted by atomic mass is 9.97. The van der Waals surface area contributed by atoms with E-state index in [1.807, 2.05) is 7.11 Å². The lowest BCUT2D eigenvalue weighted by Gasteiger charge is -2.19. The zero-order valence-corrected chi connectivity index (χ0v) is 25.8. The summed E-state index contributed by atoms with van der Waals surface area (Å²) in [5, 5.41) is 0. The molecule has 4 rings (SSSR count). The number of ether oxygens (including phenoxy) is 2. The number of hydrogen-bond acceptors (Lipinski definition) is 2. The normalized spacial score (nSPS) is 22.9. The summed E-state index contributed by atoms with van der Waals surface area (Å²) in [5.41, 5.74) is 8.31. The SMILES string of the molecule is C.COC1c2c(Br)c(C(C)C)cc(Br)c2CC1C.COC1c2cc(C(C)C)cc(Br)c2CC1C. The Hall–Kier alpha value is -0.200. The third-order valence-electron chi connectivity index (χ3n) is 7.11. The van der Waals surface area contributed by atoms with Gasteiger partial charge in [-0.2, -0.15) is 0 Å². The molecule has 0 N–H and O–H groups in total. The molecule has 2 aliphatic carbocycles. The molecule has 0 radical (unpaired) electrons. The van der Waals surface area contributed by atoms with Crippen LogP contribution < -0.4 is 0 Å². The Balaban J connectivity index is 0.000000234. The van der Waals surface area contributed by atoms with Crippen LogP contribution in [0.1, 0.15) is 106 Å². The van der Waals surface area contributed by atoms with Crippen molar-refractivity contribution in [2.24, 2.45) is 11.8 Å². The van der Waals surface area contributed by atoms with Gasteiger partial charge in [0.25, 0.3) is 0 Å². The Kier molecular flexibility index (Phi) is 10.9. The van der Waals surface area contributed by atoms with Crippen LogP contribution >= 0.6 is 47.8 Å². The second kappa shape index (κ2) is 12.4. The van der Waals surface area contributed by atoms with Crippen molar-refractivity contribution in [2.45, 2.75) is 85.9 Å². The van der Waals surface area contributed by atoms with Gasteiger partial charge in [-0.3, -0.25) is 0 Å². The molecule has 2 aromatic carbocycles. The van der Waals surface area contributed by atoms with Crippen molar-refractivity contribution in [2.75, 3.05) is 14.2 Å². The highest BCUT2D eigenvalue weighted by atomic mass is 79.9. The summed E-state index contributed by atoms with van der Waals surface area (Å²) in [4.78, 5) is 0. The van der Waals surface area contributed by atoms with Crippen LogP contribution in [0.2, 0.25) is 0 Å². The topological polar surface area (TPSA) is 18.5 Å². The van der Waals surface area contributed by atoms with Crippen molar-refractivity contribution in [3.63, 3.8) is 0 Å². The van der Waals surface area contributed by atoms with Crippen LogP contribution in [-0.2, 0) is 22.3 Å². The molecule has 4 atom stereocenters. The van der Waals surface area contributed by atoms with E-state index in [0.29, 0.717) is 23.7 Å². The molecule has 5 heteroatoms. The van der Waals surface area contributed by atoms with Gasteiger partial charge < -0.3 is 9.47 Å². The lowest BCUT2D eigenvalue weighted by molar-refractivity contribution is 0.0690. The first kappa shape index (κ1) is 30.0. The molecule has 2 aliphatic rings. The van der Waals surface area contributed by atoms with Crippen molar-refractivity contribution >= 4 is 47.8 Å². The first-order chi connectivity index (χ1) is 15.5. The highest BCUT2D eigenvalue weighted by molar-refractivity contribution is 9.11. The summed E-state index contributed by atoms with van der Waals surface area (Å²) in [7, 11) is 3.62. The molecule has 0 bridgehead atoms. The molecule has 2 nitrogen and oxygen atoms in total. The molecule has 0 saturated carbocycles. The minimum atomic E-state index is 0. The zero-order chi connectivity index (χ0) is 24.6. The Bertz CT molecular complexity index is 1000. The fourth-order valence-electron chi connectivity index (χ4n) is 5.27. The first-order valence-electron chi connectivity index (χ1n) is 11.9. The average Bonchev–Trinajstić information content (AvgIpc) is 3.27. The van der Waals surface area contributed by atoms with Gasteiger partial charge >= 0.3 is 0 Å². The van der Waals surface area contributed by atoms with Gasteiger partial charge in [-0.15, -0.1) is 0 Å². The van der Waals surface area contributed by atoms with Crippen molar-refractivity contribution in [1.29, 1.82) is 0 Å². The predicted octanol–water partition coefficient (Wildman–Crippen LogP) is 10.3. The molecule has 2 aromatic rings. The Morgan fingerprint density at radius 3 is 1.82 bits per heavy atom. The van der Waals surface area contributed by atoms with Gasteiger partial charge in [-0.1, -0.05) is 103 Å². The summed E-state index contributed by atoms with van der Waals surface area (Å²) < 4.78 is 15.0. The number of benzene rings is 2. The van der Waals surface area contributed by atoms with Crippen LogP contribution in [0.15, 0.2) is 31.6 Å². The fourth-order valence-corrected chi connectivity index (χ4v) is 7.58. The van der Waals surface area contributed by atoms with Crippen LogP contribution in [0.4, 0.5) is 0 Å². The van der Waals surface area contributed by atoms with Gasteiger partial charge in [0.15, 0.2) is 0 Å². The van der Waals surface area contributed by atoms with Gasteiger partial charge in [0.1, 0.15) is 0 Å². The fraction of sp³-hybridized carbons (Fsp3) is 0.586. The van der Waals surface area contributed by atoms with Gasteiger partial charge in [0, 0.05) is 27.6 Å². The van der Waals surface area contributed by atoms with Crippen LogP contribution in [-0.4, -0.2) is 14.2 Å². The summed E-state index contributed by atoms with van der Waals surface area (Å²) >= 11 is 11.2. The van der Waals surface area contributed by atoms with E-state index in [1.165, 1.54) is 46.8 Å². The van der Waals surface area contributed by atoms with Crippen LogP contribution in [0.3, 0.4) is 0 Å². The van der Waals surface area contributed by atoms with Gasteiger partial charge in [-0.05, 0) is 82.0 Å². The summed E-state index contributed by atoms with van der Waals surface area (Å²) in [5.74, 6) is 2.21. The van der Waals surface area contributed by atoms with Crippen molar-refractivity contribution in [3.05, 3.63) is 65.0 Å². The van der Waals surface area contributed by atoms with Crippen molar-refractivity contribution in [1.82, 2.24) is 0 Å². The molecular weight excluding hydrogens is 620 g/mol. The van der Waals surface area contributed by atoms with E-state index in [0.717, 1.165) is 12.8 Å². The van der Waals surface area contributed by atoms with Gasteiger partial charge in [0.05, 0.1) is 12.2 Å². The monoisotopic (exact) mass is 658 g/mol. The smallest absolute Gasteiger partial charge is 0.0863 e. The molecular formula is C29H41Br3O2. The number of rotatable bonds is 4. The quantitative estimate of drug-likeness (QED) is 0.325. The molecule has 0 aliphatic heterocycles. The molecule has 0 aromatic heterocycles. The van der Waals surface area contributed by atoms with E-state index in [9.17, 15) is 0 Å². The minimum absolute atomic E-state index is 0. The van der Waals surface area contributed by atoms with Crippen LogP contribution in [0.25, 0.3) is 0 Å². The number of halogens is 3. The Morgan fingerprint density at radius 1 is 0.765 bits per heavy atom.